The number of carbonyl (C=O) groups is 1. The fourth-order valence-electron chi connectivity index (χ4n) is 2.10. The summed E-state index contributed by atoms with van der Waals surface area (Å²) in [6.45, 7) is 1.71. The summed E-state index contributed by atoms with van der Waals surface area (Å²) in [4.78, 5) is 13.2. The lowest BCUT2D eigenvalue weighted by atomic mass is 10.1. The third kappa shape index (κ3) is 4.48. The van der Waals surface area contributed by atoms with Crippen LogP contribution in [-0.2, 0) is 11.3 Å². The zero-order chi connectivity index (χ0) is 17.6. The van der Waals surface area contributed by atoms with E-state index in [0.717, 1.165) is 11.1 Å². The van der Waals surface area contributed by atoms with Crippen molar-refractivity contribution in [3.63, 3.8) is 0 Å². The van der Waals surface area contributed by atoms with Crippen LogP contribution >= 0.6 is 11.6 Å². The van der Waals surface area contributed by atoms with Gasteiger partial charge in [0.2, 0.25) is 5.82 Å². The maximum absolute atomic E-state index is 12.0. The molecule has 0 saturated carbocycles. The first-order valence-corrected chi connectivity index (χ1v) is 7.92. The van der Waals surface area contributed by atoms with E-state index in [1.165, 1.54) is 4.80 Å². The Kier molecular flexibility index (Phi) is 5.15. The first kappa shape index (κ1) is 16.8. The summed E-state index contributed by atoms with van der Waals surface area (Å²) in [6, 6.07) is 16.7. The molecule has 0 fully saturated rings. The molecule has 0 aliphatic heterocycles. The molecule has 0 aliphatic carbocycles. The molecule has 0 unspecified atom stereocenters. The van der Waals surface area contributed by atoms with Gasteiger partial charge in [0, 0.05) is 10.6 Å². The van der Waals surface area contributed by atoms with Gasteiger partial charge in [-0.3, -0.25) is 4.79 Å². The molecule has 3 rings (SSSR count). The summed E-state index contributed by atoms with van der Waals surface area (Å²) in [5, 5.41) is 16.7. The highest BCUT2D eigenvalue weighted by Gasteiger charge is 2.09. The number of tetrazole rings is 1. The van der Waals surface area contributed by atoms with Crippen molar-refractivity contribution in [1.82, 2.24) is 25.6 Å². The lowest BCUT2D eigenvalue weighted by Crippen LogP contribution is -2.25. The van der Waals surface area contributed by atoms with E-state index in [0.29, 0.717) is 16.6 Å². The molecule has 1 heterocycles. The van der Waals surface area contributed by atoms with E-state index in [-0.39, 0.29) is 12.5 Å². The summed E-state index contributed by atoms with van der Waals surface area (Å²) in [7, 11) is 0. The zero-order valence-corrected chi connectivity index (χ0v) is 14.2. The number of hydrogen-bond acceptors (Lipinski definition) is 5. The van der Waals surface area contributed by atoms with Crippen molar-refractivity contribution >= 4 is 23.2 Å². The maximum Gasteiger partial charge on any atom is 0.263 e. The van der Waals surface area contributed by atoms with Crippen LogP contribution in [0.15, 0.2) is 59.7 Å². The molecule has 126 valence electrons. The average Bonchev–Trinajstić information content (AvgIpc) is 3.09. The van der Waals surface area contributed by atoms with Crippen molar-refractivity contribution in [3.05, 3.63) is 65.2 Å². The second kappa shape index (κ2) is 7.67. The van der Waals surface area contributed by atoms with E-state index >= 15 is 0 Å². The molecular formula is C17H15ClN6O. The molecule has 0 saturated heterocycles. The smallest absolute Gasteiger partial charge is 0.263 e. The van der Waals surface area contributed by atoms with E-state index in [2.05, 4.69) is 25.9 Å². The molecule has 8 heteroatoms. The van der Waals surface area contributed by atoms with Crippen molar-refractivity contribution in [1.29, 1.82) is 0 Å². The van der Waals surface area contributed by atoms with E-state index in [4.69, 9.17) is 11.6 Å². The average molecular weight is 355 g/mol. The second-order valence-corrected chi connectivity index (χ2v) is 5.69. The van der Waals surface area contributed by atoms with Gasteiger partial charge < -0.3 is 0 Å². The molecule has 1 amide bonds. The Hall–Kier alpha value is -3.06. The third-order valence-electron chi connectivity index (χ3n) is 3.36. The first-order chi connectivity index (χ1) is 12.1. The Morgan fingerprint density at radius 1 is 1.20 bits per heavy atom. The van der Waals surface area contributed by atoms with Crippen molar-refractivity contribution in [2.75, 3.05) is 0 Å². The van der Waals surface area contributed by atoms with Crippen LogP contribution in [0.5, 0.6) is 0 Å². The van der Waals surface area contributed by atoms with Gasteiger partial charge in [-0.1, -0.05) is 54.1 Å². The minimum Gasteiger partial charge on any atom is -0.271 e. The number of halogens is 1. The van der Waals surface area contributed by atoms with Gasteiger partial charge in [-0.05, 0) is 29.8 Å². The fraction of sp³-hybridized carbons (Fsp3) is 0.118. The van der Waals surface area contributed by atoms with Crippen LogP contribution in [0.25, 0.3) is 11.4 Å². The molecule has 0 bridgehead atoms. The van der Waals surface area contributed by atoms with E-state index in [1.54, 1.807) is 19.1 Å². The highest BCUT2D eigenvalue weighted by Crippen LogP contribution is 2.12. The summed E-state index contributed by atoms with van der Waals surface area (Å²) in [5.41, 5.74) is 4.79. The summed E-state index contributed by atoms with van der Waals surface area (Å²) in [5.74, 6) is 0.116. The van der Waals surface area contributed by atoms with Crippen molar-refractivity contribution in [3.8, 4) is 11.4 Å². The highest BCUT2D eigenvalue weighted by molar-refractivity contribution is 6.31. The zero-order valence-electron chi connectivity index (χ0n) is 13.4. The Morgan fingerprint density at radius 2 is 2.00 bits per heavy atom. The van der Waals surface area contributed by atoms with Crippen LogP contribution in [0, 0.1) is 0 Å². The minimum atomic E-state index is -0.349. The number of nitrogens with one attached hydrogen (secondary N) is 1. The Morgan fingerprint density at radius 3 is 2.76 bits per heavy atom. The Balaban J connectivity index is 1.61. The number of benzene rings is 2. The molecule has 25 heavy (non-hydrogen) atoms. The molecule has 0 radical (unpaired) electrons. The number of rotatable bonds is 5. The molecule has 0 spiro atoms. The van der Waals surface area contributed by atoms with Crippen LogP contribution in [0.4, 0.5) is 0 Å². The quantitative estimate of drug-likeness (QED) is 0.563. The number of aromatic nitrogens is 4. The number of nitrogens with zero attached hydrogens (tertiary/aromatic N) is 5. The van der Waals surface area contributed by atoms with Gasteiger partial charge in [0.15, 0.2) is 0 Å². The predicted molar refractivity (Wildman–Crippen MR) is 95.1 cm³/mol. The SMILES string of the molecule is C/C(=N\NC(=O)Cn1nnc(-c2ccccc2)n1)c1cccc(Cl)c1. The number of amides is 1. The van der Waals surface area contributed by atoms with Crippen LogP contribution in [0.1, 0.15) is 12.5 Å². The maximum atomic E-state index is 12.0. The lowest BCUT2D eigenvalue weighted by molar-refractivity contribution is -0.122. The standard InChI is InChI=1S/C17H15ClN6O/c1-12(14-8-5-9-15(18)10-14)19-20-16(25)11-24-22-17(21-23-24)13-6-3-2-4-7-13/h2-10H,11H2,1H3,(H,20,25)/b19-12+. The van der Waals surface area contributed by atoms with Gasteiger partial charge in [-0.2, -0.15) is 9.90 Å². The molecule has 7 nitrogen and oxygen atoms in total. The van der Waals surface area contributed by atoms with Crippen LogP contribution in [0.3, 0.4) is 0 Å². The van der Waals surface area contributed by atoms with Gasteiger partial charge >= 0.3 is 0 Å². The van der Waals surface area contributed by atoms with Crippen molar-refractivity contribution < 1.29 is 4.79 Å². The summed E-state index contributed by atoms with van der Waals surface area (Å²) >= 11 is 5.94. The topological polar surface area (TPSA) is 85.1 Å². The third-order valence-corrected chi connectivity index (χ3v) is 3.60. The summed E-state index contributed by atoms with van der Waals surface area (Å²) in [6.07, 6.45) is 0. The van der Waals surface area contributed by atoms with Crippen LogP contribution < -0.4 is 5.43 Å². The number of carbonyl (C=O) groups excluding carboxylic acids is 1. The van der Waals surface area contributed by atoms with Gasteiger partial charge in [-0.15, -0.1) is 10.2 Å². The highest BCUT2D eigenvalue weighted by atomic mass is 35.5. The van der Waals surface area contributed by atoms with Gasteiger partial charge in [0.05, 0.1) is 5.71 Å². The molecule has 1 aromatic heterocycles. The largest absolute Gasteiger partial charge is 0.271 e. The molecule has 3 aromatic rings. The first-order valence-electron chi connectivity index (χ1n) is 7.54. The Labute approximate surface area is 149 Å². The molecule has 2 aromatic carbocycles. The molecule has 0 atom stereocenters. The van der Waals surface area contributed by atoms with Crippen molar-refractivity contribution in [2.24, 2.45) is 5.10 Å². The minimum absolute atomic E-state index is 0.0772. The molecule has 1 N–H and O–H groups in total. The normalized spacial score (nSPS) is 11.4. The van der Waals surface area contributed by atoms with Gasteiger partial charge in [0.1, 0.15) is 6.54 Å². The van der Waals surface area contributed by atoms with Gasteiger partial charge in [-0.25, -0.2) is 5.43 Å². The predicted octanol–water partition coefficient (Wildman–Crippen LogP) is 2.53. The second-order valence-electron chi connectivity index (χ2n) is 5.25. The van der Waals surface area contributed by atoms with Crippen LogP contribution in [0.2, 0.25) is 5.02 Å². The number of hydrogen-bond donors (Lipinski definition) is 1. The van der Waals surface area contributed by atoms with E-state index in [9.17, 15) is 4.79 Å². The summed E-state index contributed by atoms with van der Waals surface area (Å²) < 4.78 is 0. The number of hydrazone groups is 1. The van der Waals surface area contributed by atoms with Gasteiger partial charge in [0.25, 0.3) is 5.91 Å². The lowest BCUT2D eigenvalue weighted by Gasteiger charge is -2.03. The molecule has 0 aliphatic rings. The van der Waals surface area contributed by atoms with Crippen LogP contribution in [-0.4, -0.2) is 31.8 Å². The Bertz CT molecular complexity index is 906. The fourth-order valence-corrected chi connectivity index (χ4v) is 2.29. The van der Waals surface area contributed by atoms with E-state index < -0.39 is 0 Å². The van der Waals surface area contributed by atoms with E-state index in [1.807, 2.05) is 42.5 Å². The monoisotopic (exact) mass is 354 g/mol. The molecular weight excluding hydrogens is 340 g/mol. The van der Waals surface area contributed by atoms with Crippen molar-refractivity contribution in [2.45, 2.75) is 13.5 Å².